The molecule has 4 N–H and O–H groups in total. The van der Waals surface area contributed by atoms with Crippen molar-refractivity contribution in [3.05, 3.63) is 73.8 Å². The average molecular weight is 578 g/mol. The van der Waals surface area contributed by atoms with Gasteiger partial charge in [0.15, 0.2) is 0 Å². The van der Waals surface area contributed by atoms with E-state index in [0.717, 1.165) is 29.0 Å². The number of hydrogen-bond acceptors (Lipinski definition) is 10. The van der Waals surface area contributed by atoms with Crippen LogP contribution in [0.4, 0.5) is 5.82 Å². The molecule has 0 spiro atoms. The van der Waals surface area contributed by atoms with Crippen molar-refractivity contribution in [3.8, 4) is 0 Å². The highest BCUT2D eigenvalue weighted by Gasteiger charge is 2.37. The molecule has 4 atom stereocenters. The van der Waals surface area contributed by atoms with Crippen LogP contribution in [0, 0.1) is 6.92 Å². The van der Waals surface area contributed by atoms with Crippen LogP contribution in [0.3, 0.4) is 0 Å². The lowest BCUT2D eigenvalue weighted by atomic mass is 9.90. The largest absolute Gasteiger partial charge is 0.390 e. The molecule has 1 saturated carbocycles. The third-order valence-electron chi connectivity index (χ3n) is 6.92. The molecule has 3 heterocycles. The number of rotatable bonds is 8. The highest BCUT2D eigenvalue weighted by Crippen LogP contribution is 2.37. The highest BCUT2D eigenvalue weighted by molar-refractivity contribution is 7.84. The molecular weight excluding hydrogens is 550 g/mol. The number of ketones is 1. The maximum absolute atomic E-state index is 13.6. The van der Waals surface area contributed by atoms with Crippen molar-refractivity contribution in [2.75, 3.05) is 18.9 Å². The van der Waals surface area contributed by atoms with E-state index < -0.39 is 22.5 Å². The summed E-state index contributed by atoms with van der Waals surface area (Å²) in [5.74, 6) is 0.0959. The van der Waals surface area contributed by atoms with Gasteiger partial charge in [0.05, 0.1) is 22.6 Å². The molecule has 1 aliphatic carbocycles. The van der Waals surface area contributed by atoms with E-state index in [0.29, 0.717) is 21.3 Å². The van der Waals surface area contributed by atoms with Crippen molar-refractivity contribution in [1.82, 2.24) is 20.0 Å². The molecule has 0 saturated heterocycles. The Morgan fingerprint density at radius 3 is 2.87 bits per heavy atom. The number of fused-ring (bicyclic) bond motifs is 1. The minimum atomic E-state index is -3.95. The summed E-state index contributed by atoms with van der Waals surface area (Å²) in [6.07, 6.45) is 2.27. The van der Waals surface area contributed by atoms with Gasteiger partial charge in [-0.25, -0.2) is 9.97 Å². The molecule has 1 unspecified atom stereocenters. The summed E-state index contributed by atoms with van der Waals surface area (Å²) in [6.45, 7) is 2.82. The van der Waals surface area contributed by atoms with Crippen molar-refractivity contribution in [2.45, 2.75) is 50.5 Å². The first kappa shape index (κ1) is 27.1. The molecule has 1 aromatic carbocycles. The zero-order valence-corrected chi connectivity index (χ0v) is 23.2. The van der Waals surface area contributed by atoms with Gasteiger partial charge in [-0.05, 0) is 61.1 Å². The third-order valence-corrected chi connectivity index (χ3v) is 9.22. The number of halogens is 1. The molecule has 202 valence electrons. The van der Waals surface area contributed by atoms with Crippen molar-refractivity contribution in [2.24, 2.45) is 0 Å². The van der Waals surface area contributed by atoms with Crippen LogP contribution < -0.4 is 15.4 Å². The quantitative estimate of drug-likeness (QED) is 0.297. The maximum Gasteiger partial charge on any atom is 0.335 e. The topological polar surface area (TPSA) is 143 Å². The van der Waals surface area contributed by atoms with Gasteiger partial charge in [-0.3, -0.25) is 8.98 Å². The monoisotopic (exact) mass is 577 g/mol. The Balaban J connectivity index is 1.37. The van der Waals surface area contributed by atoms with Crippen molar-refractivity contribution in [3.63, 3.8) is 0 Å². The van der Waals surface area contributed by atoms with Gasteiger partial charge in [0.1, 0.15) is 18.2 Å². The van der Waals surface area contributed by atoms with Crippen LogP contribution in [0.2, 0.25) is 5.02 Å². The first-order valence-corrected chi connectivity index (χ1v) is 14.8. The Morgan fingerprint density at radius 2 is 2.08 bits per heavy atom. The minimum Gasteiger partial charge on any atom is -0.390 e. The van der Waals surface area contributed by atoms with E-state index >= 15 is 0 Å². The number of nitrogens with one attached hydrogen (secondary N) is 3. The molecule has 38 heavy (non-hydrogen) atoms. The van der Waals surface area contributed by atoms with Crippen molar-refractivity contribution < 1.29 is 22.5 Å². The summed E-state index contributed by atoms with van der Waals surface area (Å²) in [6, 6.07) is 7.44. The lowest BCUT2D eigenvalue weighted by molar-refractivity contribution is 0.0636. The van der Waals surface area contributed by atoms with Gasteiger partial charge in [0, 0.05) is 35.7 Å². The smallest absolute Gasteiger partial charge is 0.335 e. The summed E-state index contributed by atoms with van der Waals surface area (Å²) in [7, 11) is -2.71. The zero-order valence-electron chi connectivity index (χ0n) is 20.8. The lowest BCUT2D eigenvalue weighted by Gasteiger charge is -2.27. The van der Waals surface area contributed by atoms with Gasteiger partial charge in [-0.2, -0.15) is 13.1 Å². The molecular formula is C25H28ClN5O5S2. The third kappa shape index (κ3) is 5.62. The van der Waals surface area contributed by atoms with E-state index in [4.69, 9.17) is 15.8 Å². The van der Waals surface area contributed by atoms with Gasteiger partial charge in [0.25, 0.3) is 0 Å². The second-order valence-corrected chi connectivity index (χ2v) is 12.6. The van der Waals surface area contributed by atoms with Crippen molar-refractivity contribution >= 4 is 44.8 Å². The molecule has 1 aliphatic heterocycles. The fourth-order valence-corrected chi connectivity index (χ4v) is 6.86. The molecule has 0 radical (unpaired) electrons. The molecule has 0 bridgehead atoms. The first-order chi connectivity index (χ1) is 18.1. The zero-order chi connectivity index (χ0) is 27.0. The fourth-order valence-electron chi connectivity index (χ4n) is 5.04. The number of nitrogens with zero attached hydrogens (tertiary/aromatic N) is 2. The van der Waals surface area contributed by atoms with Gasteiger partial charge in [-0.1, -0.05) is 17.7 Å². The predicted molar refractivity (Wildman–Crippen MR) is 145 cm³/mol. The second-order valence-electron chi connectivity index (χ2n) is 9.39. The molecule has 2 aliphatic rings. The normalized spacial score (nSPS) is 23.3. The highest BCUT2D eigenvalue weighted by atomic mass is 35.5. The number of hydrogen-bond donors (Lipinski definition) is 4. The van der Waals surface area contributed by atoms with E-state index in [1.165, 1.54) is 36.5 Å². The van der Waals surface area contributed by atoms with E-state index in [-0.39, 0.29) is 30.7 Å². The molecule has 5 rings (SSSR count). The lowest BCUT2D eigenvalue weighted by Crippen LogP contribution is -2.31. The molecule has 0 amide bonds. The number of aromatic nitrogens is 2. The molecule has 1 fully saturated rings. The number of thiophene rings is 1. The summed E-state index contributed by atoms with van der Waals surface area (Å²) < 4.78 is 30.6. The van der Waals surface area contributed by atoms with Crippen molar-refractivity contribution in [1.29, 1.82) is 0 Å². The Labute approximate surface area is 230 Å². The van der Waals surface area contributed by atoms with Gasteiger partial charge in [-0.15, -0.1) is 11.3 Å². The molecule has 13 heteroatoms. The second kappa shape index (κ2) is 11.0. The fraction of sp³-hybridized carbons (Fsp3) is 0.400. The number of anilines is 1. The van der Waals surface area contributed by atoms with Gasteiger partial charge in [0.2, 0.25) is 5.78 Å². The minimum absolute atomic E-state index is 0.0642. The van der Waals surface area contributed by atoms with Crippen LogP contribution in [-0.2, 0) is 20.9 Å². The standard InChI is InChI=1S/C25H28ClN5O5S2/c1-13-17(23-18-7-15(26)4-3-14(18)5-6-29-23)10-22(37-13)24(33)19-11-28-12-30-25(19)31-16-8-20(32)21(9-16)36-38(34,35)27-2/h3-4,7,10-12,16,20-21,23,27,29,32H,5-6,8-9H2,1-2H3,(H,28,30,31)/t16-,20+,21-,23?/m1/s1. The van der Waals surface area contributed by atoms with Gasteiger partial charge >= 0.3 is 10.3 Å². The Morgan fingerprint density at radius 1 is 1.26 bits per heavy atom. The Hall–Kier alpha value is -2.45. The van der Waals surface area contributed by atoms with Crippen LogP contribution in [0.25, 0.3) is 0 Å². The van der Waals surface area contributed by atoms with E-state index in [9.17, 15) is 18.3 Å². The van der Waals surface area contributed by atoms with Crippen LogP contribution in [0.5, 0.6) is 0 Å². The Kier molecular flexibility index (Phi) is 7.83. The van der Waals surface area contributed by atoms with E-state index in [2.05, 4.69) is 31.4 Å². The average Bonchev–Trinajstić information content (AvgIpc) is 3.44. The predicted octanol–water partition coefficient (Wildman–Crippen LogP) is 2.75. The van der Waals surface area contributed by atoms with Crippen LogP contribution in [-0.4, -0.2) is 61.1 Å². The summed E-state index contributed by atoms with van der Waals surface area (Å²) in [4.78, 5) is 23.5. The summed E-state index contributed by atoms with van der Waals surface area (Å²) in [5, 5.41) is 17.7. The van der Waals surface area contributed by atoms with Gasteiger partial charge < -0.3 is 15.7 Å². The van der Waals surface area contributed by atoms with Crippen LogP contribution in [0.15, 0.2) is 36.8 Å². The number of aryl methyl sites for hydroxylation is 1. The molecule has 3 aromatic rings. The number of aliphatic hydroxyl groups is 1. The number of carbonyl (C=O) groups is 1. The number of carbonyl (C=O) groups excluding carboxylic acids is 1. The van der Waals surface area contributed by atoms with E-state index in [1.54, 1.807) is 0 Å². The van der Waals surface area contributed by atoms with Crippen LogP contribution >= 0.6 is 22.9 Å². The number of benzene rings is 1. The van der Waals surface area contributed by atoms with Crippen LogP contribution in [0.1, 0.15) is 55.7 Å². The molecule has 2 aromatic heterocycles. The van der Waals surface area contributed by atoms with E-state index in [1.807, 2.05) is 25.1 Å². The first-order valence-electron chi connectivity index (χ1n) is 12.2. The SMILES string of the molecule is CNS(=O)(=O)O[C@@H]1C[C@H](Nc2ncncc2C(=O)c2cc(C3NCCc4ccc(Cl)cc43)c(C)s2)C[C@@H]1O. The summed E-state index contributed by atoms with van der Waals surface area (Å²) >= 11 is 7.70. The summed E-state index contributed by atoms with van der Waals surface area (Å²) in [5.41, 5.74) is 3.67. The Bertz CT molecular complexity index is 1460. The maximum atomic E-state index is 13.6. The molecule has 10 nitrogen and oxygen atoms in total. The number of aliphatic hydroxyl groups excluding tert-OH is 1.